The molecule has 5 heteroatoms. The summed E-state index contributed by atoms with van der Waals surface area (Å²) in [6.45, 7) is 2.06. The number of nitrogens with zero attached hydrogens (tertiary/aromatic N) is 3. The van der Waals surface area contributed by atoms with Gasteiger partial charge >= 0.3 is 0 Å². The number of aryl methyl sites for hydroxylation is 2. The second-order valence-corrected chi connectivity index (χ2v) is 6.47. The standard InChI is InChI=1S/C20H19N5/c1-13-19(16-12-15(22-23-16)14-8-4-3-5-9-14)25-18-11-7-6-10-17(18)24(2)20(25)21-13/h3-12,15,22-23H,1-2H3. The Hall–Kier alpha value is -3.05. The molecule has 0 fully saturated rings. The number of nitrogens with one attached hydrogen (secondary N) is 2. The summed E-state index contributed by atoms with van der Waals surface area (Å²) in [6.07, 6.45) is 2.23. The third kappa shape index (κ3) is 2.03. The van der Waals surface area contributed by atoms with E-state index in [0.717, 1.165) is 22.9 Å². The van der Waals surface area contributed by atoms with Crippen molar-refractivity contribution in [2.75, 3.05) is 0 Å². The summed E-state index contributed by atoms with van der Waals surface area (Å²) in [5.41, 5.74) is 13.5. The van der Waals surface area contributed by atoms with E-state index in [1.807, 2.05) is 6.07 Å². The van der Waals surface area contributed by atoms with E-state index in [1.165, 1.54) is 16.6 Å². The number of hydrogen-bond donors (Lipinski definition) is 2. The number of imidazole rings is 2. The van der Waals surface area contributed by atoms with E-state index in [-0.39, 0.29) is 6.04 Å². The minimum Gasteiger partial charge on any atom is -0.319 e. The molecule has 4 aromatic rings. The van der Waals surface area contributed by atoms with Crippen molar-refractivity contribution in [2.45, 2.75) is 13.0 Å². The predicted molar refractivity (Wildman–Crippen MR) is 99.8 cm³/mol. The van der Waals surface area contributed by atoms with Crippen molar-refractivity contribution in [3.05, 3.63) is 77.6 Å². The second-order valence-electron chi connectivity index (χ2n) is 6.47. The summed E-state index contributed by atoms with van der Waals surface area (Å²) in [6, 6.07) is 19.0. The lowest BCUT2D eigenvalue weighted by molar-refractivity contribution is 0.615. The Kier molecular flexibility index (Phi) is 2.99. The fourth-order valence-corrected chi connectivity index (χ4v) is 3.71. The molecule has 1 aliphatic rings. The lowest BCUT2D eigenvalue weighted by atomic mass is 10.1. The number of benzene rings is 2. The van der Waals surface area contributed by atoms with Gasteiger partial charge in [-0.25, -0.2) is 10.4 Å². The molecule has 3 heterocycles. The van der Waals surface area contributed by atoms with Crippen molar-refractivity contribution < 1.29 is 0 Å². The fourth-order valence-electron chi connectivity index (χ4n) is 3.71. The monoisotopic (exact) mass is 329 g/mol. The zero-order chi connectivity index (χ0) is 17.0. The third-order valence-corrected chi connectivity index (χ3v) is 4.93. The molecule has 0 saturated heterocycles. The first-order valence-electron chi connectivity index (χ1n) is 8.45. The minimum absolute atomic E-state index is 0.149. The summed E-state index contributed by atoms with van der Waals surface area (Å²) >= 11 is 0. The van der Waals surface area contributed by atoms with Crippen molar-refractivity contribution in [2.24, 2.45) is 7.05 Å². The number of hydrogen-bond acceptors (Lipinski definition) is 3. The maximum Gasteiger partial charge on any atom is 0.215 e. The smallest absolute Gasteiger partial charge is 0.215 e. The zero-order valence-corrected chi connectivity index (χ0v) is 14.2. The molecule has 25 heavy (non-hydrogen) atoms. The first-order valence-corrected chi connectivity index (χ1v) is 8.45. The van der Waals surface area contributed by atoms with Crippen molar-refractivity contribution in [3.63, 3.8) is 0 Å². The molecule has 124 valence electrons. The lowest BCUT2D eigenvalue weighted by Gasteiger charge is -2.08. The Labute approximate surface area is 145 Å². The van der Waals surface area contributed by atoms with Crippen molar-refractivity contribution in [3.8, 4) is 0 Å². The highest BCUT2D eigenvalue weighted by Gasteiger charge is 2.24. The number of rotatable bonds is 2. The summed E-state index contributed by atoms with van der Waals surface area (Å²) in [5.74, 6) is 0.958. The molecule has 1 atom stereocenters. The molecule has 0 spiro atoms. The number of para-hydroxylation sites is 2. The first-order chi connectivity index (χ1) is 12.2. The summed E-state index contributed by atoms with van der Waals surface area (Å²) in [5, 5.41) is 0. The molecule has 1 aliphatic heterocycles. The van der Waals surface area contributed by atoms with Gasteiger partial charge < -0.3 is 9.99 Å². The van der Waals surface area contributed by atoms with Crippen LogP contribution in [0.25, 0.3) is 22.5 Å². The van der Waals surface area contributed by atoms with Crippen LogP contribution in [0.3, 0.4) is 0 Å². The molecule has 1 unspecified atom stereocenters. The second kappa shape index (κ2) is 5.22. The quantitative estimate of drug-likeness (QED) is 0.593. The van der Waals surface area contributed by atoms with Crippen LogP contribution in [0.15, 0.2) is 60.7 Å². The Morgan fingerprint density at radius 3 is 2.48 bits per heavy atom. The van der Waals surface area contributed by atoms with E-state index in [2.05, 4.69) is 88.4 Å². The molecule has 5 rings (SSSR count). The topological polar surface area (TPSA) is 46.3 Å². The van der Waals surface area contributed by atoms with Crippen LogP contribution in [0, 0.1) is 6.92 Å². The van der Waals surface area contributed by atoms with E-state index in [0.29, 0.717) is 0 Å². The normalized spacial score (nSPS) is 17.2. The largest absolute Gasteiger partial charge is 0.319 e. The van der Waals surface area contributed by atoms with Crippen molar-refractivity contribution in [1.82, 2.24) is 24.8 Å². The van der Waals surface area contributed by atoms with Gasteiger partial charge in [0.05, 0.1) is 34.2 Å². The molecule has 2 aromatic carbocycles. The SMILES string of the molecule is Cc1nc2n(C)c3ccccc3n2c1C1=CC(c2ccccc2)NN1. The Morgan fingerprint density at radius 2 is 1.68 bits per heavy atom. The van der Waals surface area contributed by atoms with Crippen molar-refractivity contribution >= 4 is 22.5 Å². The van der Waals surface area contributed by atoms with E-state index >= 15 is 0 Å². The van der Waals surface area contributed by atoms with Crippen LogP contribution in [0.2, 0.25) is 0 Å². The average molecular weight is 329 g/mol. The number of fused-ring (bicyclic) bond motifs is 3. The number of aromatic nitrogens is 3. The summed E-state index contributed by atoms with van der Waals surface area (Å²) < 4.78 is 4.38. The first kappa shape index (κ1) is 14.3. The highest BCUT2D eigenvalue weighted by Crippen LogP contribution is 2.30. The van der Waals surface area contributed by atoms with Gasteiger partial charge in [0.1, 0.15) is 0 Å². The summed E-state index contributed by atoms with van der Waals surface area (Å²) in [4.78, 5) is 4.81. The highest BCUT2D eigenvalue weighted by atomic mass is 15.4. The van der Waals surface area contributed by atoms with Crippen LogP contribution in [0.4, 0.5) is 0 Å². The minimum atomic E-state index is 0.149. The molecule has 0 aliphatic carbocycles. The maximum atomic E-state index is 4.81. The molecule has 0 saturated carbocycles. The lowest BCUT2D eigenvalue weighted by Crippen LogP contribution is -2.26. The van der Waals surface area contributed by atoms with Crippen LogP contribution in [0.5, 0.6) is 0 Å². The van der Waals surface area contributed by atoms with E-state index in [9.17, 15) is 0 Å². The molecular formula is C20H19N5. The van der Waals surface area contributed by atoms with E-state index in [1.54, 1.807) is 0 Å². The molecule has 0 amide bonds. The van der Waals surface area contributed by atoms with Crippen LogP contribution >= 0.6 is 0 Å². The highest BCUT2D eigenvalue weighted by molar-refractivity contribution is 5.84. The molecular weight excluding hydrogens is 310 g/mol. The van der Waals surface area contributed by atoms with Gasteiger partial charge in [0.25, 0.3) is 0 Å². The predicted octanol–water partition coefficient (Wildman–Crippen LogP) is 3.32. The Bertz CT molecular complexity index is 1120. The van der Waals surface area contributed by atoms with Gasteiger partial charge in [-0.05, 0) is 30.7 Å². The van der Waals surface area contributed by atoms with Gasteiger partial charge in [-0.15, -0.1) is 0 Å². The molecule has 0 radical (unpaired) electrons. The van der Waals surface area contributed by atoms with Gasteiger partial charge in [0, 0.05) is 7.05 Å². The van der Waals surface area contributed by atoms with Crippen LogP contribution in [-0.2, 0) is 7.05 Å². The van der Waals surface area contributed by atoms with Crippen molar-refractivity contribution in [1.29, 1.82) is 0 Å². The molecule has 2 aromatic heterocycles. The Balaban J connectivity index is 1.71. The summed E-state index contributed by atoms with van der Waals surface area (Å²) in [7, 11) is 2.06. The Morgan fingerprint density at radius 1 is 0.960 bits per heavy atom. The van der Waals surface area contributed by atoms with Gasteiger partial charge in [-0.2, -0.15) is 0 Å². The average Bonchev–Trinajstić information content (AvgIpc) is 3.32. The number of hydrazine groups is 1. The van der Waals surface area contributed by atoms with Gasteiger partial charge in [-0.1, -0.05) is 42.5 Å². The van der Waals surface area contributed by atoms with Crippen LogP contribution < -0.4 is 10.9 Å². The van der Waals surface area contributed by atoms with E-state index < -0.39 is 0 Å². The fraction of sp³-hybridized carbons (Fsp3) is 0.150. The molecule has 2 N–H and O–H groups in total. The zero-order valence-electron chi connectivity index (χ0n) is 14.2. The van der Waals surface area contributed by atoms with E-state index in [4.69, 9.17) is 4.98 Å². The van der Waals surface area contributed by atoms with Gasteiger partial charge in [0.2, 0.25) is 5.78 Å². The van der Waals surface area contributed by atoms with Gasteiger partial charge in [0.15, 0.2) is 0 Å². The van der Waals surface area contributed by atoms with Crippen LogP contribution in [-0.4, -0.2) is 14.0 Å². The van der Waals surface area contributed by atoms with Gasteiger partial charge in [-0.3, -0.25) is 4.40 Å². The molecule has 5 nitrogen and oxygen atoms in total. The van der Waals surface area contributed by atoms with Crippen LogP contribution in [0.1, 0.15) is 23.0 Å². The third-order valence-electron chi connectivity index (χ3n) is 4.93. The maximum absolute atomic E-state index is 4.81. The molecule has 0 bridgehead atoms.